The Hall–Kier alpha value is -4.34. The quantitative estimate of drug-likeness (QED) is 0.186. The van der Waals surface area contributed by atoms with E-state index in [9.17, 15) is 45.8 Å². The standard InChI is InChI=1S/C35H36F9N3O4/c1-17(2)10-26(47-16-20(6-9-46-7-5-8-46)22(14-27(47)48)34(39,40)41)33(51)45-25(15-28(49)50)30-31(37)21(13-23(32(30)38)35(42,43)44)29-19(4)11-18(3)12-24(29)36/h11-14,16-17,25-26H,5-10,15H2,1-4H3,(H,45,51)(H,49,50). The normalized spacial score (nSPS) is 15.1. The highest BCUT2D eigenvalue weighted by Crippen LogP contribution is 2.42. The van der Waals surface area contributed by atoms with Crippen molar-refractivity contribution in [3.8, 4) is 11.1 Å². The smallest absolute Gasteiger partial charge is 0.419 e. The number of alkyl halides is 6. The maximum atomic E-state index is 16.3. The molecule has 2 heterocycles. The summed E-state index contributed by atoms with van der Waals surface area (Å²) in [5.41, 5.74) is -7.83. The number of aromatic nitrogens is 1. The van der Waals surface area contributed by atoms with Crippen LogP contribution in [-0.4, -0.2) is 46.1 Å². The van der Waals surface area contributed by atoms with Gasteiger partial charge in [0, 0.05) is 35.5 Å². The van der Waals surface area contributed by atoms with Gasteiger partial charge in [0.2, 0.25) is 5.91 Å². The number of carboxylic acids is 1. The van der Waals surface area contributed by atoms with Crippen molar-refractivity contribution in [2.45, 2.75) is 77.8 Å². The molecule has 278 valence electrons. The number of benzene rings is 2. The summed E-state index contributed by atoms with van der Waals surface area (Å²) in [5, 5.41) is 11.7. The molecule has 1 aliphatic rings. The summed E-state index contributed by atoms with van der Waals surface area (Å²) in [6.45, 7) is 7.44. The van der Waals surface area contributed by atoms with Crippen LogP contribution in [0.2, 0.25) is 0 Å². The van der Waals surface area contributed by atoms with Gasteiger partial charge < -0.3 is 19.9 Å². The van der Waals surface area contributed by atoms with Crippen molar-refractivity contribution < 1.29 is 54.2 Å². The Balaban J connectivity index is 1.88. The molecule has 1 saturated heterocycles. The summed E-state index contributed by atoms with van der Waals surface area (Å²) in [7, 11) is 0. The van der Waals surface area contributed by atoms with Crippen LogP contribution < -0.4 is 10.9 Å². The SMILES string of the molecule is Cc1cc(C)c(-c2cc(C(F)(F)F)c(F)c(C(CC(=O)O)NC(=O)C(CC(C)C)n3cc(CCN4CCC4)c(C(F)(F)F)cc3=O)c2F)c(F)c1. The zero-order valence-corrected chi connectivity index (χ0v) is 28.0. The van der Waals surface area contributed by atoms with Crippen molar-refractivity contribution in [3.63, 3.8) is 0 Å². The minimum absolute atomic E-state index is 0.0282. The third kappa shape index (κ3) is 8.94. The number of amides is 1. The molecule has 0 bridgehead atoms. The lowest BCUT2D eigenvalue weighted by molar-refractivity contribution is -0.140. The molecule has 2 unspecified atom stereocenters. The van der Waals surface area contributed by atoms with E-state index in [1.54, 1.807) is 13.8 Å². The second-order valence-corrected chi connectivity index (χ2v) is 13.2. The fourth-order valence-electron chi connectivity index (χ4n) is 6.25. The minimum atomic E-state index is -5.49. The topological polar surface area (TPSA) is 91.6 Å². The highest BCUT2D eigenvalue weighted by molar-refractivity contribution is 5.82. The molecular weight excluding hydrogens is 697 g/mol. The van der Waals surface area contributed by atoms with E-state index in [0.717, 1.165) is 18.7 Å². The van der Waals surface area contributed by atoms with Gasteiger partial charge in [-0.3, -0.25) is 14.4 Å². The van der Waals surface area contributed by atoms with Gasteiger partial charge in [-0.05, 0) is 80.9 Å². The third-order valence-corrected chi connectivity index (χ3v) is 8.73. The molecule has 1 fully saturated rings. The van der Waals surface area contributed by atoms with Gasteiger partial charge in [-0.1, -0.05) is 19.9 Å². The van der Waals surface area contributed by atoms with Crippen LogP contribution in [0.4, 0.5) is 39.5 Å². The molecule has 0 aliphatic carbocycles. The number of hydrogen-bond donors (Lipinski definition) is 2. The molecule has 51 heavy (non-hydrogen) atoms. The van der Waals surface area contributed by atoms with Crippen LogP contribution in [-0.2, 0) is 28.4 Å². The average molecular weight is 734 g/mol. The average Bonchev–Trinajstić information content (AvgIpc) is 2.94. The number of carbonyl (C=O) groups excluding carboxylic acids is 1. The number of likely N-dealkylation sites (tertiary alicyclic amines) is 1. The van der Waals surface area contributed by atoms with Crippen molar-refractivity contribution in [3.05, 3.63) is 91.6 Å². The lowest BCUT2D eigenvalue weighted by Gasteiger charge is -2.31. The second kappa shape index (κ2) is 15.1. The van der Waals surface area contributed by atoms with E-state index in [4.69, 9.17) is 0 Å². The van der Waals surface area contributed by atoms with E-state index in [-0.39, 0.29) is 36.6 Å². The lowest BCUT2D eigenvalue weighted by atomic mass is 9.90. The molecule has 0 spiro atoms. The highest BCUT2D eigenvalue weighted by atomic mass is 19.4. The van der Waals surface area contributed by atoms with Gasteiger partial charge in [0.15, 0.2) is 0 Å². The van der Waals surface area contributed by atoms with Crippen LogP contribution >= 0.6 is 0 Å². The van der Waals surface area contributed by atoms with Gasteiger partial charge in [-0.15, -0.1) is 0 Å². The predicted molar refractivity (Wildman–Crippen MR) is 168 cm³/mol. The van der Waals surface area contributed by atoms with E-state index < -0.39 is 99.5 Å². The molecular formula is C35H36F9N3O4. The number of hydrogen-bond acceptors (Lipinski definition) is 4. The fourth-order valence-corrected chi connectivity index (χ4v) is 6.25. The number of aryl methyl sites for hydroxylation is 2. The van der Waals surface area contributed by atoms with E-state index in [0.29, 0.717) is 29.3 Å². The fraction of sp³-hybridized carbons (Fsp3) is 0.457. The Morgan fingerprint density at radius 2 is 1.55 bits per heavy atom. The van der Waals surface area contributed by atoms with Gasteiger partial charge in [0.1, 0.15) is 23.5 Å². The van der Waals surface area contributed by atoms with Gasteiger partial charge in [-0.25, -0.2) is 13.2 Å². The number of carbonyl (C=O) groups is 2. The molecule has 2 aromatic carbocycles. The first-order valence-corrected chi connectivity index (χ1v) is 16.0. The van der Waals surface area contributed by atoms with Crippen LogP contribution in [0.5, 0.6) is 0 Å². The van der Waals surface area contributed by atoms with Crippen LogP contribution in [0, 0.1) is 37.2 Å². The predicted octanol–water partition coefficient (Wildman–Crippen LogP) is 7.75. The van der Waals surface area contributed by atoms with Gasteiger partial charge in [0.05, 0.1) is 23.6 Å². The number of rotatable bonds is 12. The van der Waals surface area contributed by atoms with E-state index in [1.165, 1.54) is 19.9 Å². The Morgan fingerprint density at radius 3 is 2.06 bits per heavy atom. The van der Waals surface area contributed by atoms with Crippen molar-refractivity contribution in [1.82, 2.24) is 14.8 Å². The maximum Gasteiger partial charge on any atom is 0.419 e. The van der Waals surface area contributed by atoms with Gasteiger partial charge >= 0.3 is 18.3 Å². The Morgan fingerprint density at radius 1 is 0.922 bits per heavy atom. The molecule has 4 rings (SSSR count). The molecule has 0 radical (unpaired) electrons. The number of carboxylic acid groups (broad SMARTS) is 1. The van der Waals surface area contributed by atoms with Crippen molar-refractivity contribution in [1.29, 1.82) is 0 Å². The largest absolute Gasteiger partial charge is 0.481 e. The molecule has 1 amide bonds. The van der Waals surface area contributed by atoms with Crippen molar-refractivity contribution in [2.24, 2.45) is 5.92 Å². The number of aliphatic carboxylic acids is 1. The molecule has 0 saturated carbocycles. The van der Waals surface area contributed by atoms with E-state index in [2.05, 4.69) is 5.32 Å². The molecule has 1 aliphatic heterocycles. The molecule has 1 aromatic heterocycles. The van der Waals surface area contributed by atoms with Crippen LogP contribution in [0.25, 0.3) is 11.1 Å². The maximum absolute atomic E-state index is 16.3. The second-order valence-electron chi connectivity index (χ2n) is 13.2. The Labute approximate surface area is 287 Å². The summed E-state index contributed by atoms with van der Waals surface area (Å²) in [5.74, 6) is -8.76. The zero-order valence-electron chi connectivity index (χ0n) is 28.0. The molecule has 16 heteroatoms. The summed E-state index contributed by atoms with van der Waals surface area (Å²) < 4.78 is 132. The van der Waals surface area contributed by atoms with Gasteiger partial charge in [-0.2, -0.15) is 26.3 Å². The van der Waals surface area contributed by atoms with E-state index >= 15 is 13.2 Å². The summed E-state index contributed by atoms with van der Waals surface area (Å²) >= 11 is 0. The van der Waals surface area contributed by atoms with E-state index in [1.807, 2.05) is 4.90 Å². The van der Waals surface area contributed by atoms with Crippen LogP contribution in [0.15, 0.2) is 35.3 Å². The number of nitrogens with one attached hydrogen (secondary N) is 1. The minimum Gasteiger partial charge on any atom is -0.481 e. The monoisotopic (exact) mass is 733 g/mol. The summed E-state index contributed by atoms with van der Waals surface area (Å²) in [6, 6.07) is -1.43. The Bertz CT molecular complexity index is 1840. The van der Waals surface area contributed by atoms with Crippen LogP contribution in [0.1, 0.15) is 78.6 Å². The molecule has 7 nitrogen and oxygen atoms in total. The number of halogens is 9. The summed E-state index contributed by atoms with van der Waals surface area (Å²) in [4.78, 5) is 40.9. The Kier molecular flexibility index (Phi) is 11.7. The summed E-state index contributed by atoms with van der Waals surface area (Å²) in [6.07, 6.45) is -10.5. The highest BCUT2D eigenvalue weighted by Gasteiger charge is 2.41. The number of nitrogens with zero attached hydrogens (tertiary/aromatic N) is 2. The first-order chi connectivity index (χ1) is 23.6. The van der Waals surface area contributed by atoms with Crippen molar-refractivity contribution >= 4 is 11.9 Å². The molecule has 3 aromatic rings. The van der Waals surface area contributed by atoms with Crippen molar-refractivity contribution in [2.75, 3.05) is 19.6 Å². The molecule has 2 atom stereocenters. The van der Waals surface area contributed by atoms with Gasteiger partial charge in [0.25, 0.3) is 5.56 Å². The number of pyridine rings is 1. The zero-order chi connectivity index (χ0) is 38.2. The molecule has 2 N–H and O–H groups in total. The lowest BCUT2D eigenvalue weighted by Crippen LogP contribution is -2.41. The first kappa shape index (κ1) is 39.4. The third-order valence-electron chi connectivity index (χ3n) is 8.73. The first-order valence-electron chi connectivity index (χ1n) is 16.0. The van der Waals surface area contributed by atoms with Crippen LogP contribution in [0.3, 0.4) is 0 Å².